The number of sulfonamides is 1. The highest BCUT2D eigenvalue weighted by atomic mass is 32.2. The highest BCUT2D eigenvalue weighted by Crippen LogP contribution is 2.02. The third kappa shape index (κ3) is 2.88. The minimum atomic E-state index is -3.54. The van der Waals surface area contributed by atoms with Gasteiger partial charge in [0.25, 0.3) is 10.0 Å². The van der Waals surface area contributed by atoms with E-state index in [0.29, 0.717) is 18.1 Å². The van der Waals surface area contributed by atoms with Crippen LogP contribution in [0.1, 0.15) is 11.7 Å². The summed E-state index contributed by atoms with van der Waals surface area (Å²) in [6.07, 6.45) is 2.88. The van der Waals surface area contributed by atoms with Crippen molar-refractivity contribution >= 4 is 10.0 Å². The molecule has 2 aromatic rings. The number of rotatable bonds is 5. The largest absolute Gasteiger partial charge is 0.339 e. The quantitative estimate of drug-likeness (QED) is 0.754. The van der Waals surface area contributed by atoms with Crippen molar-refractivity contribution in [3.8, 4) is 0 Å². The van der Waals surface area contributed by atoms with E-state index < -0.39 is 10.0 Å². The fraction of sp³-hybridized carbons (Fsp3) is 0.375. The third-order valence-corrected chi connectivity index (χ3v) is 3.35. The molecule has 0 bridgehead atoms. The summed E-state index contributed by atoms with van der Waals surface area (Å²) in [4.78, 5) is 10.1. The lowest BCUT2D eigenvalue weighted by Crippen LogP contribution is -2.26. The van der Waals surface area contributed by atoms with Gasteiger partial charge in [-0.15, -0.1) is 0 Å². The zero-order valence-corrected chi connectivity index (χ0v) is 9.86. The standard InChI is InChI=1S/C8H11N5O3S/c1-6-12-7(16-13-6)2-3-11-17(14,15)8-4-9-5-10-8/h4-5,11H,2-3H2,1H3,(H,9,10). The van der Waals surface area contributed by atoms with Crippen LogP contribution in [0.3, 0.4) is 0 Å². The first-order valence-corrected chi connectivity index (χ1v) is 6.33. The van der Waals surface area contributed by atoms with E-state index in [-0.39, 0.29) is 11.6 Å². The Balaban J connectivity index is 1.91. The molecule has 9 heteroatoms. The predicted molar refractivity (Wildman–Crippen MR) is 56.5 cm³/mol. The van der Waals surface area contributed by atoms with E-state index in [0.717, 1.165) is 0 Å². The van der Waals surface area contributed by atoms with Crippen LogP contribution < -0.4 is 4.72 Å². The number of imidazole rings is 1. The number of aromatic amines is 1. The van der Waals surface area contributed by atoms with Crippen molar-refractivity contribution in [1.29, 1.82) is 0 Å². The monoisotopic (exact) mass is 257 g/mol. The molecule has 2 N–H and O–H groups in total. The lowest BCUT2D eigenvalue weighted by atomic mass is 10.4. The Hall–Kier alpha value is -1.74. The van der Waals surface area contributed by atoms with Crippen LogP contribution in [-0.2, 0) is 16.4 Å². The van der Waals surface area contributed by atoms with Gasteiger partial charge in [-0.2, -0.15) is 4.98 Å². The number of hydrogen-bond donors (Lipinski definition) is 2. The Morgan fingerprint density at radius 2 is 2.35 bits per heavy atom. The maximum atomic E-state index is 11.6. The first-order chi connectivity index (χ1) is 8.08. The van der Waals surface area contributed by atoms with Crippen molar-refractivity contribution in [3.63, 3.8) is 0 Å². The van der Waals surface area contributed by atoms with Crippen LogP contribution in [0.5, 0.6) is 0 Å². The number of aromatic nitrogens is 4. The molecule has 2 aromatic heterocycles. The first kappa shape index (κ1) is 11.7. The van der Waals surface area contributed by atoms with Gasteiger partial charge in [0, 0.05) is 13.0 Å². The number of aryl methyl sites for hydroxylation is 1. The minimum absolute atomic E-state index is 0.0270. The highest BCUT2D eigenvalue weighted by Gasteiger charge is 2.15. The summed E-state index contributed by atoms with van der Waals surface area (Å²) in [5, 5.41) is 3.63. The van der Waals surface area contributed by atoms with Crippen molar-refractivity contribution < 1.29 is 12.9 Å². The summed E-state index contributed by atoms with van der Waals surface area (Å²) in [6, 6.07) is 0. The normalized spacial score (nSPS) is 11.8. The van der Waals surface area contributed by atoms with E-state index in [2.05, 4.69) is 24.8 Å². The van der Waals surface area contributed by atoms with Gasteiger partial charge in [0.15, 0.2) is 10.9 Å². The zero-order chi connectivity index (χ0) is 12.3. The molecular weight excluding hydrogens is 246 g/mol. The molecule has 0 saturated heterocycles. The topological polar surface area (TPSA) is 114 Å². The van der Waals surface area contributed by atoms with E-state index in [4.69, 9.17) is 4.52 Å². The molecule has 0 aliphatic carbocycles. The van der Waals surface area contributed by atoms with Crippen LogP contribution in [0.15, 0.2) is 22.1 Å². The fourth-order valence-corrected chi connectivity index (χ4v) is 2.14. The number of nitrogens with zero attached hydrogens (tertiary/aromatic N) is 3. The second kappa shape index (κ2) is 4.63. The second-order valence-electron chi connectivity index (χ2n) is 3.30. The average Bonchev–Trinajstić information content (AvgIpc) is 2.89. The molecule has 0 atom stereocenters. The molecule has 0 saturated carbocycles. The van der Waals surface area contributed by atoms with Crippen LogP contribution in [-0.4, -0.2) is 35.1 Å². The molecule has 0 aromatic carbocycles. The van der Waals surface area contributed by atoms with E-state index in [1.165, 1.54) is 12.5 Å². The first-order valence-electron chi connectivity index (χ1n) is 4.85. The fourth-order valence-electron chi connectivity index (χ4n) is 1.20. The lowest BCUT2D eigenvalue weighted by molar-refractivity contribution is 0.375. The maximum Gasteiger partial charge on any atom is 0.257 e. The highest BCUT2D eigenvalue weighted by molar-refractivity contribution is 7.89. The van der Waals surface area contributed by atoms with Crippen molar-refractivity contribution in [3.05, 3.63) is 24.2 Å². The number of hydrogen-bond acceptors (Lipinski definition) is 6. The summed E-state index contributed by atoms with van der Waals surface area (Å²) < 4.78 is 30.5. The Kier molecular flexibility index (Phi) is 3.20. The van der Waals surface area contributed by atoms with Gasteiger partial charge in [-0.25, -0.2) is 18.1 Å². The molecule has 0 amide bonds. The molecule has 17 heavy (non-hydrogen) atoms. The predicted octanol–water partition coefficient (Wildman–Crippen LogP) is -0.378. The molecular formula is C8H11N5O3S. The Labute approximate surface area is 97.5 Å². The second-order valence-corrected chi connectivity index (χ2v) is 5.03. The SMILES string of the molecule is Cc1noc(CCNS(=O)(=O)c2cnc[nH]2)n1. The Bertz CT molecular complexity index is 574. The zero-order valence-electron chi connectivity index (χ0n) is 9.04. The molecule has 92 valence electrons. The maximum absolute atomic E-state index is 11.6. The molecule has 0 fully saturated rings. The van der Waals surface area contributed by atoms with Gasteiger partial charge in [0.2, 0.25) is 5.89 Å². The Morgan fingerprint density at radius 3 is 2.94 bits per heavy atom. The van der Waals surface area contributed by atoms with Gasteiger partial charge in [0.1, 0.15) is 0 Å². The van der Waals surface area contributed by atoms with Crippen LogP contribution in [0.4, 0.5) is 0 Å². The molecule has 8 nitrogen and oxygen atoms in total. The number of H-pyrrole nitrogens is 1. The van der Waals surface area contributed by atoms with Gasteiger partial charge in [-0.05, 0) is 6.92 Å². The molecule has 0 spiro atoms. The molecule has 0 aliphatic heterocycles. The van der Waals surface area contributed by atoms with Crippen LogP contribution in [0.25, 0.3) is 0 Å². The summed E-state index contributed by atoms with van der Waals surface area (Å²) in [6.45, 7) is 1.88. The van der Waals surface area contributed by atoms with Crippen LogP contribution >= 0.6 is 0 Å². The van der Waals surface area contributed by atoms with Gasteiger partial charge in [0.05, 0.1) is 12.5 Å². The summed E-state index contributed by atoms with van der Waals surface area (Å²) in [7, 11) is -3.54. The molecule has 0 unspecified atom stereocenters. The van der Waals surface area contributed by atoms with Crippen molar-refractivity contribution in [2.45, 2.75) is 18.4 Å². The van der Waals surface area contributed by atoms with Crippen molar-refractivity contribution in [2.75, 3.05) is 6.54 Å². The van der Waals surface area contributed by atoms with E-state index in [9.17, 15) is 8.42 Å². The van der Waals surface area contributed by atoms with Crippen LogP contribution in [0, 0.1) is 6.92 Å². The third-order valence-electron chi connectivity index (χ3n) is 1.96. The smallest absolute Gasteiger partial charge is 0.257 e. The molecule has 0 radical (unpaired) electrons. The average molecular weight is 257 g/mol. The van der Waals surface area contributed by atoms with Gasteiger partial charge in [-0.1, -0.05) is 5.16 Å². The summed E-state index contributed by atoms with van der Waals surface area (Å²) in [5.41, 5.74) is 0. The van der Waals surface area contributed by atoms with Crippen molar-refractivity contribution in [2.24, 2.45) is 0 Å². The van der Waals surface area contributed by atoms with Gasteiger partial charge >= 0.3 is 0 Å². The van der Waals surface area contributed by atoms with Crippen molar-refractivity contribution in [1.82, 2.24) is 24.8 Å². The van der Waals surface area contributed by atoms with E-state index in [1.807, 2.05) is 0 Å². The van der Waals surface area contributed by atoms with Crippen LogP contribution in [0.2, 0.25) is 0 Å². The molecule has 2 heterocycles. The summed E-state index contributed by atoms with van der Waals surface area (Å²) in [5.74, 6) is 0.922. The molecule has 0 aliphatic rings. The minimum Gasteiger partial charge on any atom is -0.339 e. The van der Waals surface area contributed by atoms with E-state index in [1.54, 1.807) is 6.92 Å². The number of nitrogens with one attached hydrogen (secondary N) is 2. The van der Waals surface area contributed by atoms with Gasteiger partial charge in [-0.3, -0.25) is 0 Å². The van der Waals surface area contributed by atoms with Gasteiger partial charge < -0.3 is 9.51 Å². The molecule has 2 rings (SSSR count). The lowest BCUT2D eigenvalue weighted by Gasteiger charge is -2.01. The summed E-state index contributed by atoms with van der Waals surface area (Å²) >= 11 is 0. The van der Waals surface area contributed by atoms with E-state index >= 15 is 0 Å². The Morgan fingerprint density at radius 1 is 1.53 bits per heavy atom.